The van der Waals surface area contributed by atoms with Crippen LogP contribution in [0.2, 0.25) is 0 Å². The van der Waals surface area contributed by atoms with E-state index in [0.717, 1.165) is 25.7 Å². The van der Waals surface area contributed by atoms with Crippen LogP contribution in [0.4, 0.5) is 22.0 Å². The Morgan fingerprint density at radius 1 is 0.694 bits per heavy atom. The predicted octanol–water partition coefficient (Wildman–Crippen LogP) is 8.40. The van der Waals surface area contributed by atoms with Crippen LogP contribution in [0.15, 0.2) is 60.7 Å². The van der Waals surface area contributed by atoms with Crippen molar-refractivity contribution in [2.24, 2.45) is 17.8 Å². The molecule has 0 N–H and O–H groups in total. The van der Waals surface area contributed by atoms with Crippen molar-refractivity contribution in [1.82, 2.24) is 0 Å². The Bertz CT molecular complexity index is 993. The van der Waals surface area contributed by atoms with Crippen LogP contribution < -0.4 is 9.47 Å². The van der Waals surface area contributed by atoms with E-state index in [1.54, 1.807) is 12.1 Å². The Kier molecular flexibility index (Phi) is 8.23. The van der Waals surface area contributed by atoms with E-state index >= 15 is 0 Å². The van der Waals surface area contributed by atoms with Crippen molar-refractivity contribution in [2.45, 2.75) is 64.0 Å². The standard InChI is InChI=1S/C28H31F5O3/c1-2-34-24-13-5-20(6-14-24)19-3-11-23(12-4-19)27(29,30)35-25-15-7-21(8-16-25)22-9-17-26(18-10-22)36-28(31,32)33/h5,7-10,13,15-20,23-24H,2-4,6,11-12,14H2,1H3. The van der Waals surface area contributed by atoms with E-state index in [2.05, 4.69) is 16.9 Å². The molecule has 0 spiro atoms. The molecule has 0 aromatic heterocycles. The fraction of sp³-hybridized carbons (Fsp3) is 0.500. The first-order chi connectivity index (χ1) is 17.1. The van der Waals surface area contributed by atoms with E-state index < -0.39 is 18.4 Å². The molecule has 2 aromatic carbocycles. The second-order valence-corrected chi connectivity index (χ2v) is 9.49. The minimum atomic E-state index is -4.76. The third-order valence-electron chi connectivity index (χ3n) is 7.12. The van der Waals surface area contributed by atoms with Gasteiger partial charge in [0.2, 0.25) is 0 Å². The van der Waals surface area contributed by atoms with Gasteiger partial charge < -0.3 is 14.2 Å². The summed E-state index contributed by atoms with van der Waals surface area (Å²) in [6.45, 7) is 2.67. The van der Waals surface area contributed by atoms with Crippen LogP contribution in [0.5, 0.6) is 11.5 Å². The molecule has 2 aliphatic rings. The first kappa shape index (κ1) is 26.5. The van der Waals surface area contributed by atoms with Gasteiger partial charge in [-0.2, -0.15) is 8.78 Å². The van der Waals surface area contributed by atoms with Crippen molar-refractivity contribution in [2.75, 3.05) is 6.61 Å². The van der Waals surface area contributed by atoms with Crippen LogP contribution >= 0.6 is 0 Å². The molecule has 4 rings (SSSR count). The average Bonchev–Trinajstić information content (AvgIpc) is 2.85. The van der Waals surface area contributed by atoms with Gasteiger partial charge in [0.05, 0.1) is 12.0 Å². The van der Waals surface area contributed by atoms with Crippen molar-refractivity contribution < 1.29 is 36.2 Å². The second kappa shape index (κ2) is 11.2. The van der Waals surface area contributed by atoms with Crippen LogP contribution in [-0.4, -0.2) is 25.2 Å². The Morgan fingerprint density at radius 2 is 1.25 bits per heavy atom. The molecule has 0 amide bonds. The van der Waals surface area contributed by atoms with E-state index in [-0.39, 0.29) is 17.6 Å². The number of hydrogen-bond acceptors (Lipinski definition) is 3. The maximum atomic E-state index is 14.9. The third kappa shape index (κ3) is 6.99. The first-order valence-corrected chi connectivity index (χ1v) is 12.5. The van der Waals surface area contributed by atoms with Crippen LogP contribution in [0.1, 0.15) is 45.4 Å². The monoisotopic (exact) mass is 510 g/mol. The van der Waals surface area contributed by atoms with E-state index in [1.165, 1.54) is 36.4 Å². The van der Waals surface area contributed by atoms with Gasteiger partial charge in [0.1, 0.15) is 11.5 Å². The molecule has 2 aromatic rings. The Morgan fingerprint density at radius 3 is 1.72 bits per heavy atom. The Hall–Kier alpha value is -2.61. The van der Waals surface area contributed by atoms with Crippen molar-refractivity contribution in [1.29, 1.82) is 0 Å². The number of benzene rings is 2. The summed E-state index contributed by atoms with van der Waals surface area (Å²) in [5.74, 6) is -0.255. The zero-order valence-corrected chi connectivity index (χ0v) is 20.1. The second-order valence-electron chi connectivity index (χ2n) is 9.49. The lowest BCUT2D eigenvalue weighted by Crippen LogP contribution is -2.38. The maximum Gasteiger partial charge on any atom is 0.573 e. The van der Waals surface area contributed by atoms with Gasteiger partial charge >= 0.3 is 12.5 Å². The molecular weight excluding hydrogens is 479 g/mol. The summed E-state index contributed by atoms with van der Waals surface area (Å²) in [6.07, 6.45) is 0.839. The predicted molar refractivity (Wildman–Crippen MR) is 127 cm³/mol. The summed E-state index contributed by atoms with van der Waals surface area (Å²) in [4.78, 5) is 0. The summed E-state index contributed by atoms with van der Waals surface area (Å²) in [7, 11) is 0. The van der Waals surface area contributed by atoms with Gasteiger partial charge in [-0.3, -0.25) is 0 Å². The van der Waals surface area contributed by atoms with Crippen LogP contribution in [0, 0.1) is 17.8 Å². The summed E-state index contributed by atoms with van der Waals surface area (Å²) in [5, 5.41) is 0. The normalized spacial score (nSPS) is 24.9. The summed E-state index contributed by atoms with van der Waals surface area (Å²) < 4.78 is 81.5. The molecule has 1 fully saturated rings. The van der Waals surface area contributed by atoms with Crippen molar-refractivity contribution in [3.63, 3.8) is 0 Å². The minimum absolute atomic E-state index is 0.0556. The largest absolute Gasteiger partial charge is 0.573 e. The summed E-state index contributed by atoms with van der Waals surface area (Å²) in [5.41, 5.74) is 1.29. The highest BCUT2D eigenvalue weighted by atomic mass is 19.4. The van der Waals surface area contributed by atoms with Crippen molar-refractivity contribution in [3.8, 4) is 22.6 Å². The van der Waals surface area contributed by atoms with Crippen molar-refractivity contribution >= 4 is 0 Å². The SMILES string of the molecule is CCOC1C=CC(C2CCC(C(F)(F)Oc3ccc(-c4ccc(OC(F)(F)F)cc4)cc3)CC2)CC1. The van der Waals surface area contributed by atoms with Crippen molar-refractivity contribution in [3.05, 3.63) is 60.7 Å². The Labute approximate surface area is 208 Å². The highest BCUT2D eigenvalue weighted by Crippen LogP contribution is 2.44. The van der Waals surface area contributed by atoms with Gasteiger partial charge in [-0.25, -0.2) is 0 Å². The first-order valence-electron chi connectivity index (χ1n) is 12.5. The van der Waals surface area contributed by atoms with Gasteiger partial charge in [-0.05, 0) is 92.7 Å². The number of allylic oxidation sites excluding steroid dienone is 1. The van der Waals surface area contributed by atoms with Crippen LogP contribution in [-0.2, 0) is 4.74 Å². The molecule has 2 unspecified atom stereocenters. The minimum Gasteiger partial charge on any atom is -0.432 e. The average molecular weight is 511 g/mol. The van der Waals surface area contributed by atoms with Gasteiger partial charge in [0, 0.05) is 6.61 Å². The third-order valence-corrected chi connectivity index (χ3v) is 7.12. The molecular formula is C28H31F5O3. The fourth-order valence-corrected chi connectivity index (χ4v) is 5.25. The molecule has 2 atom stereocenters. The molecule has 0 heterocycles. The highest BCUT2D eigenvalue weighted by Gasteiger charge is 2.44. The maximum absolute atomic E-state index is 14.9. The quantitative estimate of drug-likeness (QED) is 0.264. The molecule has 3 nitrogen and oxygen atoms in total. The van der Waals surface area contributed by atoms with Gasteiger partial charge in [-0.1, -0.05) is 36.4 Å². The highest BCUT2D eigenvalue weighted by molar-refractivity contribution is 5.64. The zero-order chi connectivity index (χ0) is 25.8. The lowest BCUT2D eigenvalue weighted by molar-refractivity contribution is -0.274. The summed E-state index contributed by atoms with van der Waals surface area (Å²) in [6, 6.07) is 11.5. The molecule has 0 saturated heterocycles. The number of alkyl halides is 5. The molecule has 0 bridgehead atoms. The summed E-state index contributed by atoms with van der Waals surface area (Å²) >= 11 is 0. The molecule has 196 valence electrons. The zero-order valence-electron chi connectivity index (χ0n) is 20.1. The number of halogens is 5. The van der Waals surface area contributed by atoms with E-state index in [4.69, 9.17) is 9.47 Å². The molecule has 36 heavy (non-hydrogen) atoms. The van der Waals surface area contributed by atoms with Gasteiger partial charge in [0.15, 0.2) is 0 Å². The fourth-order valence-electron chi connectivity index (χ4n) is 5.25. The topological polar surface area (TPSA) is 27.7 Å². The number of rotatable bonds is 8. The molecule has 0 radical (unpaired) electrons. The van der Waals surface area contributed by atoms with Gasteiger partial charge in [-0.15, -0.1) is 13.2 Å². The van der Waals surface area contributed by atoms with Crippen LogP contribution in [0.25, 0.3) is 11.1 Å². The van der Waals surface area contributed by atoms with E-state index in [0.29, 0.717) is 42.4 Å². The van der Waals surface area contributed by atoms with Gasteiger partial charge in [0.25, 0.3) is 0 Å². The Balaban J connectivity index is 1.30. The van der Waals surface area contributed by atoms with Crippen LogP contribution in [0.3, 0.4) is 0 Å². The lowest BCUT2D eigenvalue weighted by atomic mass is 9.72. The molecule has 0 aliphatic heterocycles. The smallest absolute Gasteiger partial charge is 0.432 e. The molecule has 1 saturated carbocycles. The number of ether oxygens (including phenoxy) is 3. The number of hydrogen-bond donors (Lipinski definition) is 0. The van der Waals surface area contributed by atoms with E-state index in [1.807, 2.05) is 6.92 Å². The molecule has 2 aliphatic carbocycles. The molecule has 8 heteroatoms. The van der Waals surface area contributed by atoms with E-state index in [9.17, 15) is 22.0 Å². The lowest BCUT2D eigenvalue weighted by Gasteiger charge is -2.37.